The molecular formula is C16H17ClN2O. The summed E-state index contributed by atoms with van der Waals surface area (Å²) < 4.78 is 0. The first-order chi connectivity index (χ1) is 9.74. The number of hydrogen-bond acceptors (Lipinski definition) is 2. The third kappa shape index (κ3) is 2.79. The van der Waals surface area contributed by atoms with Gasteiger partial charge in [0.05, 0.1) is 0 Å². The van der Waals surface area contributed by atoms with Gasteiger partial charge in [0.2, 0.25) is 5.56 Å². The monoisotopic (exact) mass is 288 g/mol. The summed E-state index contributed by atoms with van der Waals surface area (Å²) in [5.41, 5.74) is 3.37. The van der Waals surface area contributed by atoms with Gasteiger partial charge in [-0.05, 0) is 36.5 Å². The molecule has 0 bridgehead atoms. The molecule has 1 atom stereocenters. The van der Waals surface area contributed by atoms with E-state index >= 15 is 0 Å². The van der Waals surface area contributed by atoms with Crippen molar-refractivity contribution >= 4 is 11.6 Å². The highest BCUT2D eigenvalue weighted by molar-refractivity contribution is 6.31. The zero-order chi connectivity index (χ0) is 13.9. The number of pyridine rings is 1. The molecule has 1 aromatic carbocycles. The summed E-state index contributed by atoms with van der Waals surface area (Å²) in [5.74, 6) is 0. The van der Waals surface area contributed by atoms with Crippen LogP contribution in [0.1, 0.15) is 35.7 Å². The van der Waals surface area contributed by atoms with Crippen LogP contribution in [0, 0.1) is 0 Å². The van der Waals surface area contributed by atoms with Gasteiger partial charge in [-0.1, -0.05) is 35.9 Å². The Morgan fingerprint density at radius 2 is 2.10 bits per heavy atom. The lowest BCUT2D eigenvalue weighted by Gasteiger charge is -2.26. The molecule has 0 saturated carbocycles. The van der Waals surface area contributed by atoms with Crippen molar-refractivity contribution in [3.05, 3.63) is 68.6 Å². The second-order valence-corrected chi connectivity index (χ2v) is 5.58. The van der Waals surface area contributed by atoms with Crippen LogP contribution in [-0.4, -0.2) is 4.98 Å². The summed E-state index contributed by atoms with van der Waals surface area (Å²) in [4.78, 5) is 14.3. The molecule has 20 heavy (non-hydrogen) atoms. The molecule has 3 nitrogen and oxygen atoms in total. The normalized spacial score (nSPS) is 17.8. The second-order valence-electron chi connectivity index (χ2n) is 5.17. The zero-order valence-corrected chi connectivity index (χ0v) is 11.9. The van der Waals surface area contributed by atoms with Crippen LogP contribution in [-0.2, 0) is 13.0 Å². The smallest absolute Gasteiger partial charge is 0.248 e. The van der Waals surface area contributed by atoms with Crippen LogP contribution in [0.2, 0.25) is 5.02 Å². The first kappa shape index (κ1) is 13.4. The van der Waals surface area contributed by atoms with Gasteiger partial charge >= 0.3 is 0 Å². The Morgan fingerprint density at radius 3 is 2.95 bits per heavy atom. The third-order valence-corrected chi connectivity index (χ3v) is 4.20. The topological polar surface area (TPSA) is 44.9 Å². The quantitative estimate of drug-likeness (QED) is 0.911. The number of fused-ring (bicyclic) bond motifs is 1. The lowest BCUT2D eigenvalue weighted by molar-refractivity contribution is 0.453. The molecule has 1 aliphatic carbocycles. The van der Waals surface area contributed by atoms with Gasteiger partial charge in [-0.25, -0.2) is 0 Å². The van der Waals surface area contributed by atoms with Crippen molar-refractivity contribution in [2.75, 3.05) is 0 Å². The van der Waals surface area contributed by atoms with E-state index in [2.05, 4.69) is 10.3 Å². The summed E-state index contributed by atoms with van der Waals surface area (Å²) in [7, 11) is 0. The summed E-state index contributed by atoms with van der Waals surface area (Å²) in [6.45, 7) is 0.739. The van der Waals surface area contributed by atoms with Crippen LogP contribution >= 0.6 is 11.6 Å². The number of rotatable bonds is 3. The standard InChI is InChI=1S/C16H17ClN2O/c17-13-5-2-1-4-11(13)10-18-14-6-3-7-15-12(14)8-9-16(20)19-15/h1-2,4-5,8-9,14,18H,3,6-7,10H2,(H,19,20). The van der Waals surface area contributed by atoms with E-state index in [4.69, 9.17) is 11.6 Å². The van der Waals surface area contributed by atoms with Gasteiger partial charge in [-0.15, -0.1) is 0 Å². The second kappa shape index (κ2) is 5.81. The van der Waals surface area contributed by atoms with Gasteiger partial charge in [-0.3, -0.25) is 4.79 Å². The molecule has 0 spiro atoms. The molecule has 1 aromatic heterocycles. The van der Waals surface area contributed by atoms with Crippen LogP contribution in [0.15, 0.2) is 41.2 Å². The SMILES string of the molecule is O=c1ccc2c([nH]1)CCCC2NCc1ccccc1Cl. The Kier molecular flexibility index (Phi) is 3.90. The maximum Gasteiger partial charge on any atom is 0.248 e. The van der Waals surface area contributed by atoms with E-state index in [1.165, 1.54) is 5.56 Å². The van der Waals surface area contributed by atoms with E-state index in [9.17, 15) is 4.79 Å². The molecule has 0 aliphatic heterocycles. The van der Waals surface area contributed by atoms with Gasteiger partial charge in [0, 0.05) is 29.4 Å². The van der Waals surface area contributed by atoms with Gasteiger partial charge in [0.15, 0.2) is 0 Å². The van der Waals surface area contributed by atoms with Crippen molar-refractivity contribution in [1.82, 2.24) is 10.3 Å². The highest BCUT2D eigenvalue weighted by Crippen LogP contribution is 2.28. The molecule has 1 aliphatic rings. The van der Waals surface area contributed by atoms with Crippen LogP contribution in [0.5, 0.6) is 0 Å². The highest BCUT2D eigenvalue weighted by Gasteiger charge is 2.20. The molecule has 0 radical (unpaired) electrons. The minimum Gasteiger partial charge on any atom is -0.326 e. The van der Waals surface area contributed by atoms with Crippen molar-refractivity contribution < 1.29 is 0 Å². The fourth-order valence-corrected chi connectivity index (χ4v) is 2.99. The molecule has 2 N–H and O–H groups in total. The van der Waals surface area contributed by atoms with Crippen molar-refractivity contribution in [1.29, 1.82) is 0 Å². The maximum atomic E-state index is 11.4. The molecule has 3 rings (SSSR count). The fourth-order valence-electron chi connectivity index (χ4n) is 2.79. The molecule has 0 saturated heterocycles. The maximum absolute atomic E-state index is 11.4. The Balaban J connectivity index is 1.77. The predicted octanol–water partition coefficient (Wildman–Crippen LogP) is 3.20. The Morgan fingerprint density at radius 1 is 1.25 bits per heavy atom. The Hall–Kier alpha value is -1.58. The average molecular weight is 289 g/mol. The number of nitrogens with one attached hydrogen (secondary N) is 2. The van der Waals surface area contributed by atoms with Crippen LogP contribution in [0.4, 0.5) is 0 Å². The summed E-state index contributed by atoms with van der Waals surface area (Å²) in [5, 5.41) is 4.34. The van der Waals surface area contributed by atoms with Crippen molar-refractivity contribution in [3.8, 4) is 0 Å². The summed E-state index contributed by atoms with van der Waals surface area (Å²) in [6.07, 6.45) is 3.13. The van der Waals surface area contributed by atoms with Gasteiger partial charge in [-0.2, -0.15) is 0 Å². The molecule has 2 aromatic rings. The van der Waals surface area contributed by atoms with E-state index in [1.807, 2.05) is 30.3 Å². The molecular weight excluding hydrogens is 272 g/mol. The number of aromatic amines is 1. The van der Waals surface area contributed by atoms with Gasteiger partial charge in [0.1, 0.15) is 0 Å². The first-order valence-electron chi connectivity index (χ1n) is 6.93. The summed E-state index contributed by atoms with van der Waals surface area (Å²) >= 11 is 6.18. The number of aromatic nitrogens is 1. The number of benzene rings is 1. The number of halogens is 1. The molecule has 4 heteroatoms. The summed E-state index contributed by atoms with van der Waals surface area (Å²) in [6, 6.07) is 11.7. The molecule has 0 fully saturated rings. The average Bonchev–Trinajstić information content (AvgIpc) is 2.46. The first-order valence-corrected chi connectivity index (χ1v) is 7.31. The largest absolute Gasteiger partial charge is 0.326 e. The predicted molar refractivity (Wildman–Crippen MR) is 81.0 cm³/mol. The molecule has 1 unspecified atom stereocenters. The Labute approximate surface area is 123 Å². The minimum atomic E-state index is -0.0181. The lowest BCUT2D eigenvalue weighted by atomic mass is 9.91. The molecule has 104 valence electrons. The fraction of sp³-hybridized carbons (Fsp3) is 0.312. The van der Waals surface area contributed by atoms with Gasteiger partial charge in [0.25, 0.3) is 0 Å². The molecule has 0 amide bonds. The highest BCUT2D eigenvalue weighted by atomic mass is 35.5. The molecule has 1 heterocycles. The zero-order valence-electron chi connectivity index (χ0n) is 11.2. The third-order valence-electron chi connectivity index (χ3n) is 3.83. The van der Waals surface area contributed by atoms with Crippen LogP contribution < -0.4 is 10.9 Å². The van der Waals surface area contributed by atoms with E-state index in [1.54, 1.807) is 6.07 Å². The van der Waals surface area contributed by atoms with E-state index in [0.29, 0.717) is 0 Å². The van der Waals surface area contributed by atoms with Crippen LogP contribution in [0.25, 0.3) is 0 Å². The number of aryl methyl sites for hydroxylation is 1. The van der Waals surface area contributed by atoms with E-state index < -0.39 is 0 Å². The number of H-pyrrole nitrogens is 1. The van der Waals surface area contributed by atoms with E-state index in [-0.39, 0.29) is 11.6 Å². The Bertz CT molecular complexity index is 666. The lowest BCUT2D eigenvalue weighted by Crippen LogP contribution is -2.27. The number of hydrogen-bond donors (Lipinski definition) is 2. The van der Waals surface area contributed by atoms with Crippen molar-refractivity contribution in [2.24, 2.45) is 0 Å². The van der Waals surface area contributed by atoms with Gasteiger partial charge < -0.3 is 10.3 Å². The van der Waals surface area contributed by atoms with Crippen molar-refractivity contribution in [3.63, 3.8) is 0 Å². The van der Waals surface area contributed by atoms with Crippen LogP contribution in [0.3, 0.4) is 0 Å². The van der Waals surface area contributed by atoms with Crippen molar-refractivity contribution in [2.45, 2.75) is 31.8 Å². The minimum absolute atomic E-state index is 0.0181. The van der Waals surface area contributed by atoms with E-state index in [0.717, 1.165) is 42.1 Å².